The Labute approximate surface area is 189 Å². The van der Waals surface area contributed by atoms with Gasteiger partial charge in [0.15, 0.2) is 6.10 Å². The zero-order valence-corrected chi connectivity index (χ0v) is 18.4. The molecule has 1 aliphatic heterocycles. The van der Waals surface area contributed by atoms with Gasteiger partial charge in [-0.15, -0.1) is 0 Å². The van der Waals surface area contributed by atoms with Crippen LogP contribution in [-0.2, 0) is 14.3 Å². The molecule has 1 heterocycles. The van der Waals surface area contributed by atoms with Crippen LogP contribution >= 0.6 is 0 Å². The van der Waals surface area contributed by atoms with E-state index in [9.17, 15) is 29.3 Å². The number of benzene rings is 2. The summed E-state index contributed by atoms with van der Waals surface area (Å²) in [5.74, 6) is -3.16. The highest BCUT2D eigenvalue weighted by Crippen LogP contribution is 2.30. The van der Waals surface area contributed by atoms with Crippen molar-refractivity contribution in [3.8, 4) is 0 Å². The van der Waals surface area contributed by atoms with E-state index in [1.807, 2.05) is 26.0 Å². The number of nitrogens with one attached hydrogen (secondary N) is 1. The molecule has 0 spiro atoms. The zero-order chi connectivity index (χ0) is 24.3. The molecule has 0 saturated carbocycles. The average Bonchev–Trinajstić information content (AvgIpc) is 3.03. The predicted molar refractivity (Wildman–Crippen MR) is 118 cm³/mol. The van der Waals surface area contributed by atoms with Gasteiger partial charge in [-0.25, -0.2) is 0 Å². The van der Waals surface area contributed by atoms with Crippen LogP contribution in [0.25, 0.3) is 0 Å². The number of imide groups is 1. The molecule has 10 nitrogen and oxygen atoms in total. The average molecular weight is 453 g/mol. The predicted octanol–water partition coefficient (Wildman–Crippen LogP) is 3.27. The van der Waals surface area contributed by atoms with Crippen LogP contribution in [0.4, 0.5) is 11.4 Å². The number of rotatable bonds is 8. The summed E-state index contributed by atoms with van der Waals surface area (Å²) in [6, 6.07) is 11.0. The second kappa shape index (κ2) is 9.60. The number of para-hydroxylation sites is 1. The van der Waals surface area contributed by atoms with Crippen molar-refractivity contribution in [1.29, 1.82) is 0 Å². The number of anilines is 1. The minimum absolute atomic E-state index is 0.158. The fourth-order valence-corrected chi connectivity index (χ4v) is 3.52. The summed E-state index contributed by atoms with van der Waals surface area (Å²) in [5, 5.41) is 13.9. The molecule has 33 heavy (non-hydrogen) atoms. The van der Waals surface area contributed by atoms with Gasteiger partial charge in [-0.1, -0.05) is 38.1 Å². The van der Waals surface area contributed by atoms with Crippen molar-refractivity contribution in [2.45, 2.75) is 39.2 Å². The number of nitrogens with zero attached hydrogens (tertiary/aromatic N) is 2. The van der Waals surface area contributed by atoms with E-state index < -0.39 is 47.0 Å². The molecule has 10 heteroatoms. The summed E-state index contributed by atoms with van der Waals surface area (Å²) in [7, 11) is 0. The minimum atomic E-state index is -1.20. The number of amides is 3. The number of ether oxygens (including phenoxy) is 1. The third-order valence-corrected chi connectivity index (χ3v) is 5.50. The van der Waals surface area contributed by atoms with E-state index in [0.29, 0.717) is 10.6 Å². The Morgan fingerprint density at radius 1 is 1.09 bits per heavy atom. The smallest absolute Gasteiger partial charge is 0.326 e. The summed E-state index contributed by atoms with van der Waals surface area (Å²) in [6.45, 7) is 4.65. The molecule has 2 aromatic carbocycles. The van der Waals surface area contributed by atoms with Crippen molar-refractivity contribution in [3.05, 3.63) is 69.3 Å². The Bertz CT molecular complexity index is 1140. The summed E-state index contributed by atoms with van der Waals surface area (Å²) < 4.78 is 5.12. The van der Waals surface area contributed by atoms with Crippen LogP contribution in [-0.4, -0.2) is 46.2 Å². The molecule has 172 valence electrons. The van der Waals surface area contributed by atoms with Crippen LogP contribution in [0.5, 0.6) is 0 Å². The number of nitro benzene ring substituents is 1. The number of hydrogen-bond donors (Lipinski definition) is 1. The third kappa shape index (κ3) is 4.74. The molecular formula is C23H23N3O7. The van der Waals surface area contributed by atoms with Gasteiger partial charge >= 0.3 is 5.97 Å². The lowest BCUT2D eigenvalue weighted by Gasteiger charge is -2.19. The van der Waals surface area contributed by atoms with Gasteiger partial charge < -0.3 is 10.1 Å². The molecule has 2 unspecified atom stereocenters. The van der Waals surface area contributed by atoms with Crippen molar-refractivity contribution in [2.75, 3.05) is 11.9 Å². The second-order valence-electron chi connectivity index (χ2n) is 7.67. The maximum Gasteiger partial charge on any atom is 0.326 e. The standard InChI is InChI=1S/C23H23N3O7/c1-4-13(2)15-8-5-6-10-17(15)24-21(28)14(3)33-19(27)12-25-22(29)16-9-7-11-18(26(31)32)20(16)23(25)30/h5-11,13-14H,4,12H2,1-3H3,(H,24,28). The minimum Gasteiger partial charge on any atom is -0.451 e. The fraction of sp³-hybridized carbons (Fsp3) is 0.304. The van der Waals surface area contributed by atoms with Crippen LogP contribution < -0.4 is 5.32 Å². The topological polar surface area (TPSA) is 136 Å². The van der Waals surface area contributed by atoms with E-state index in [-0.39, 0.29) is 17.0 Å². The van der Waals surface area contributed by atoms with Crippen LogP contribution in [0, 0.1) is 10.1 Å². The largest absolute Gasteiger partial charge is 0.451 e. The van der Waals surface area contributed by atoms with Crippen LogP contribution in [0.2, 0.25) is 0 Å². The van der Waals surface area contributed by atoms with E-state index in [4.69, 9.17) is 4.74 Å². The highest BCUT2D eigenvalue weighted by molar-refractivity contribution is 6.24. The zero-order valence-electron chi connectivity index (χ0n) is 18.4. The van der Waals surface area contributed by atoms with E-state index >= 15 is 0 Å². The molecular weight excluding hydrogens is 430 g/mol. The van der Waals surface area contributed by atoms with E-state index in [1.165, 1.54) is 19.1 Å². The lowest BCUT2D eigenvalue weighted by Crippen LogP contribution is -2.38. The molecule has 0 bridgehead atoms. The van der Waals surface area contributed by atoms with Gasteiger partial charge in [-0.05, 0) is 37.0 Å². The first-order valence-corrected chi connectivity index (χ1v) is 10.4. The summed E-state index contributed by atoms with van der Waals surface area (Å²) in [5.41, 5.74) is 0.503. The number of carbonyl (C=O) groups is 4. The highest BCUT2D eigenvalue weighted by atomic mass is 16.6. The fourth-order valence-electron chi connectivity index (χ4n) is 3.52. The molecule has 1 N–H and O–H groups in total. The third-order valence-electron chi connectivity index (χ3n) is 5.50. The van der Waals surface area contributed by atoms with Gasteiger partial charge in [-0.2, -0.15) is 0 Å². The van der Waals surface area contributed by atoms with Crippen molar-refractivity contribution in [2.24, 2.45) is 0 Å². The van der Waals surface area contributed by atoms with Gasteiger partial charge in [-0.3, -0.25) is 34.2 Å². The Kier molecular flexibility index (Phi) is 6.86. The summed E-state index contributed by atoms with van der Waals surface area (Å²) in [4.78, 5) is 61.0. The summed E-state index contributed by atoms with van der Waals surface area (Å²) >= 11 is 0. The molecule has 2 aromatic rings. The normalized spacial score (nSPS) is 14.5. The second-order valence-corrected chi connectivity index (χ2v) is 7.67. The van der Waals surface area contributed by atoms with Gasteiger partial charge in [0.2, 0.25) is 0 Å². The van der Waals surface area contributed by atoms with E-state index in [1.54, 1.807) is 12.1 Å². The van der Waals surface area contributed by atoms with Crippen molar-refractivity contribution >= 4 is 35.1 Å². The summed E-state index contributed by atoms with van der Waals surface area (Å²) in [6.07, 6.45) is -0.331. The Hall–Kier alpha value is -4.08. The number of esters is 1. The molecule has 0 aromatic heterocycles. The Balaban J connectivity index is 1.66. The van der Waals surface area contributed by atoms with Crippen molar-refractivity contribution < 1.29 is 28.8 Å². The SMILES string of the molecule is CCC(C)c1ccccc1NC(=O)C(C)OC(=O)CN1C(=O)c2cccc([N+](=O)[O-])c2C1=O. The van der Waals surface area contributed by atoms with Crippen molar-refractivity contribution in [1.82, 2.24) is 4.90 Å². The quantitative estimate of drug-likeness (QED) is 0.280. The van der Waals surface area contributed by atoms with Gasteiger partial charge in [0.25, 0.3) is 23.4 Å². The first kappa shape index (κ1) is 23.6. The monoisotopic (exact) mass is 453 g/mol. The molecule has 1 aliphatic rings. The van der Waals surface area contributed by atoms with E-state index in [2.05, 4.69) is 5.32 Å². The maximum atomic E-state index is 12.6. The number of nitro groups is 1. The highest BCUT2D eigenvalue weighted by Gasteiger charge is 2.42. The van der Waals surface area contributed by atoms with Crippen LogP contribution in [0.15, 0.2) is 42.5 Å². The van der Waals surface area contributed by atoms with Gasteiger partial charge in [0.05, 0.1) is 10.5 Å². The molecule has 2 atom stereocenters. The van der Waals surface area contributed by atoms with E-state index in [0.717, 1.165) is 18.1 Å². The Morgan fingerprint density at radius 3 is 2.45 bits per heavy atom. The first-order valence-electron chi connectivity index (χ1n) is 10.4. The molecule has 0 fully saturated rings. The van der Waals surface area contributed by atoms with Crippen LogP contribution in [0.1, 0.15) is 59.4 Å². The lowest BCUT2D eigenvalue weighted by molar-refractivity contribution is -0.385. The number of hydrogen-bond acceptors (Lipinski definition) is 7. The molecule has 3 amide bonds. The first-order chi connectivity index (χ1) is 15.6. The molecule has 0 saturated heterocycles. The molecule has 0 radical (unpaired) electrons. The Morgan fingerprint density at radius 2 is 1.79 bits per heavy atom. The van der Waals surface area contributed by atoms with Crippen molar-refractivity contribution in [3.63, 3.8) is 0 Å². The van der Waals surface area contributed by atoms with Gasteiger partial charge in [0, 0.05) is 11.8 Å². The molecule has 0 aliphatic carbocycles. The maximum absolute atomic E-state index is 12.6. The number of carbonyl (C=O) groups excluding carboxylic acids is 4. The van der Waals surface area contributed by atoms with Crippen LogP contribution in [0.3, 0.4) is 0 Å². The molecule has 3 rings (SSSR count). The lowest BCUT2D eigenvalue weighted by atomic mass is 9.97. The van der Waals surface area contributed by atoms with Gasteiger partial charge in [0.1, 0.15) is 12.1 Å². The number of fused-ring (bicyclic) bond motifs is 1.